The van der Waals surface area contributed by atoms with E-state index in [4.69, 9.17) is 0 Å². The third-order valence-electron chi connectivity index (χ3n) is 3.34. The third kappa shape index (κ3) is 3.84. The van der Waals surface area contributed by atoms with E-state index < -0.39 is 70.8 Å². The fourth-order valence-corrected chi connectivity index (χ4v) is 2.23. The summed E-state index contributed by atoms with van der Waals surface area (Å²) in [4.78, 5) is 10.6. The highest BCUT2D eigenvalue weighted by Crippen LogP contribution is 2.45. The van der Waals surface area contributed by atoms with E-state index in [1.807, 2.05) is 0 Å². The summed E-state index contributed by atoms with van der Waals surface area (Å²) in [6.07, 6.45) is -22.7. The van der Waals surface area contributed by atoms with Gasteiger partial charge in [0.25, 0.3) is 0 Å². The first-order valence-electron chi connectivity index (χ1n) is 7.06. The first kappa shape index (κ1) is 21.6. The van der Waals surface area contributed by atoms with E-state index in [1.165, 1.54) is 0 Å². The van der Waals surface area contributed by atoms with Crippen LogP contribution in [0.15, 0.2) is 0 Å². The quantitative estimate of drug-likeness (QED) is 0.455. The average molecular weight is 458 g/mol. The first-order valence-corrected chi connectivity index (χ1v) is 7.06. The van der Waals surface area contributed by atoms with E-state index in [9.17, 15) is 52.7 Å². The fraction of sp³-hybridized carbons (Fsp3) is 0.333. The van der Waals surface area contributed by atoms with Crippen LogP contribution in [0.1, 0.15) is 22.8 Å². The molecule has 0 radical (unpaired) electrons. The molecule has 0 unspecified atom stereocenters. The molecule has 0 aromatic carbocycles. The monoisotopic (exact) mass is 458 g/mol. The molecule has 18 heteroatoms. The Morgan fingerprint density at radius 3 is 0.667 bits per heavy atom. The SMILES string of the molecule is FC(F)(F)c1nc2c(nc1C(F)(F)F)Nc1nc(C(F)(F)F)c(C(F)(F)F)nc1N2. The van der Waals surface area contributed by atoms with Gasteiger partial charge in [-0.3, -0.25) is 0 Å². The Hall–Kier alpha value is -3.08. The summed E-state index contributed by atoms with van der Waals surface area (Å²) in [7, 11) is 0. The third-order valence-corrected chi connectivity index (χ3v) is 3.34. The molecule has 0 amide bonds. The molecule has 164 valence electrons. The van der Waals surface area contributed by atoms with Gasteiger partial charge in [0.1, 0.15) is 0 Å². The van der Waals surface area contributed by atoms with Gasteiger partial charge in [-0.15, -0.1) is 0 Å². The minimum atomic E-state index is -5.67. The number of halogens is 12. The number of anilines is 4. The Balaban J connectivity index is 2.21. The van der Waals surface area contributed by atoms with Crippen molar-refractivity contribution in [2.45, 2.75) is 24.7 Å². The maximum atomic E-state index is 12.9. The summed E-state index contributed by atoms with van der Waals surface area (Å²) in [5, 5.41) is 3.36. The van der Waals surface area contributed by atoms with Gasteiger partial charge in [-0.2, -0.15) is 52.7 Å². The highest BCUT2D eigenvalue weighted by molar-refractivity contribution is 5.82. The molecule has 3 heterocycles. The van der Waals surface area contributed by atoms with Crippen LogP contribution in [-0.4, -0.2) is 19.9 Å². The number of nitrogens with zero attached hydrogens (tertiary/aromatic N) is 4. The summed E-state index contributed by atoms with van der Waals surface area (Å²) in [5.74, 6) is -4.65. The standard InChI is InChI=1S/C12H2F12N6/c13-9(14,15)1-2(10(16,17)18)26-6-5(25-1)29-7-8(30-6)28-4(12(22,23)24)3(27-7)11(19,20)21/h(H,25,27,29)(H,26,28,30). The van der Waals surface area contributed by atoms with Crippen molar-refractivity contribution in [1.29, 1.82) is 0 Å². The first-order chi connectivity index (χ1) is 13.4. The highest BCUT2D eigenvalue weighted by Gasteiger charge is 2.49. The van der Waals surface area contributed by atoms with Crippen LogP contribution in [-0.2, 0) is 24.7 Å². The summed E-state index contributed by atoms with van der Waals surface area (Å²) in [6.45, 7) is 0. The van der Waals surface area contributed by atoms with Crippen LogP contribution in [0.25, 0.3) is 0 Å². The molecule has 2 aromatic rings. The van der Waals surface area contributed by atoms with Gasteiger partial charge in [-0.25, -0.2) is 19.9 Å². The molecular formula is C12H2F12N6. The number of rotatable bonds is 0. The molecule has 0 saturated heterocycles. The summed E-state index contributed by atoms with van der Waals surface area (Å²) in [6, 6.07) is 0. The predicted octanol–water partition coefficient (Wildman–Crippen LogP) is 5.14. The molecule has 30 heavy (non-hydrogen) atoms. The molecule has 0 atom stereocenters. The second-order valence-corrected chi connectivity index (χ2v) is 5.48. The summed E-state index contributed by atoms with van der Waals surface area (Å²) < 4.78 is 155. The van der Waals surface area contributed by atoms with Gasteiger partial charge in [0.05, 0.1) is 0 Å². The number of hydrogen-bond donors (Lipinski definition) is 2. The molecule has 2 aromatic heterocycles. The lowest BCUT2D eigenvalue weighted by atomic mass is 10.2. The maximum absolute atomic E-state index is 12.9. The highest BCUT2D eigenvalue weighted by atomic mass is 19.4. The van der Waals surface area contributed by atoms with E-state index in [-0.39, 0.29) is 0 Å². The molecule has 2 N–H and O–H groups in total. The van der Waals surface area contributed by atoms with Crippen LogP contribution >= 0.6 is 0 Å². The lowest BCUT2D eigenvalue weighted by Gasteiger charge is -2.24. The van der Waals surface area contributed by atoms with Gasteiger partial charge in [-0.1, -0.05) is 0 Å². The molecule has 1 aliphatic rings. The Kier molecular flexibility index (Phi) is 4.47. The molecule has 1 aliphatic heterocycles. The van der Waals surface area contributed by atoms with Crippen molar-refractivity contribution in [2.75, 3.05) is 10.6 Å². The molecular weight excluding hydrogens is 456 g/mol. The van der Waals surface area contributed by atoms with Gasteiger partial charge < -0.3 is 10.6 Å². The molecule has 0 fully saturated rings. The van der Waals surface area contributed by atoms with Crippen molar-refractivity contribution in [3.63, 3.8) is 0 Å². The Bertz CT molecular complexity index is 844. The van der Waals surface area contributed by atoms with E-state index in [0.29, 0.717) is 0 Å². The normalized spacial score (nSPS) is 14.5. The second-order valence-electron chi connectivity index (χ2n) is 5.48. The van der Waals surface area contributed by atoms with Crippen LogP contribution in [0.4, 0.5) is 76.0 Å². The van der Waals surface area contributed by atoms with Crippen LogP contribution in [0, 0.1) is 0 Å². The number of nitrogens with one attached hydrogen (secondary N) is 2. The van der Waals surface area contributed by atoms with Gasteiger partial charge in [-0.05, 0) is 0 Å². The number of fused-ring (bicyclic) bond motifs is 2. The predicted molar refractivity (Wildman–Crippen MR) is 70.6 cm³/mol. The van der Waals surface area contributed by atoms with Crippen molar-refractivity contribution in [3.05, 3.63) is 22.8 Å². The molecule has 0 bridgehead atoms. The van der Waals surface area contributed by atoms with Crippen molar-refractivity contribution >= 4 is 23.3 Å². The number of aromatic nitrogens is 4. The average Bonchev–Trinajstić information content (AvgIpc) is 2.54. The fourth-order valence-electron chi connectivity index (χ4n) is 2.23. The van der Waals surface area contributed by atoms with Gasteiger partial charge in [0.15, 0.2) is 46.0 Å². The van der Waals surface area contributed by atoms with Crippen LogP contribution in [0.3, 0.4) is 0 Å². The van der Waals surface area contributed by atoms with E-state index in [1.54, 1.807) is 10.6 Å². The van der Waals surface area contributed by atoms with Crippen molar-refractivity contribution in [1.82, 2.24) is 19.9 Å². The Labute approximate surface area is 155 Å². The lowest BCUT2D eigenvalue weighted by Crippen LogP contribution is -2.26. The Morgan fingerprint density at radius 2 is 0.533 bits per heavy atom. The smallest absolute Gasteiger partial charge is 0.319 e. The summed E-state index contributed by atoms with van der Waals surface area (Å²) in [5.41, 5.74) is -10.1. The molecule has 0 spiro atoms. The minimum absolute atomic E-state index is 1.16. The molecule has 0 saturated carbocycles. The van der Waals surface area contributed by atoms with Crippen LogP contribution in [0.5, 0.6) is 0 Å². The van der Waals surface area contributed by atoms with Crippen molar-refractivity contribution < 1.29 is 52.7 Å². The molecule has 6 nitrogen and oxygen atoms in total. The number of hydrogen-bond acceptors (Lipinski definition) is 6. The van der Waals surface area contributed by atoms with Crippen LogP contribution in [0.2, 0.25) is 0 Å². The van der Waals surface area contributed by atoms with E-state index >= 15 is 0 Å². The van der Waals surface area contributed by atoms with Crippen molar-refractivity contribution in [2.24, 2.45) is 0 Å². The molecule has 0 aliphatic carbocycles. The van der Waals surface area contributed by atoms with E-state index in [2.05, 4.69) is 19.9 Å². The van der Waals surface area contributed by atoms with E-state index in [0.717, 1.165) is 0 Å². The number of alkyl halides is 12. The van der Waals surface area contributed by atoms with Gasteiger partial charge >= 0.3 is 24.7 Å². The zero-order valence-electron chi connectivity index (χ0n) is 13.3. The minimum Gasteiger partial charge on any atom is -0.319 e. The van der Waals surface area contributed by atoms with Crippen molar-refractivity contribution in [3.8, 4) is 0 Å². The topological polar surface area (TPSA) is 75.6 Å². The molecule has 3 rings (SSSR count). The zero-order valence-corrected chi connectivity index (χ0v) is 13.3. The zero-order chi connectivity index (χ0) is 22.9. The summed E-state index contributed by atoms with van der Waals surface area (Å²) >= 11 is 0. The lowest BCUT2D eigenvalue weighted by molar-refractivity contribution is -0.167. The Morgan fingerprint density at radius 1 is 0.367 bits per heavy atom. The maximum Gasteiger partial charge on any atom is 0.435 e. The second kappa shape index (κ2) is 6.21. The van der Waals surface area contributed by atoms with Crippen LogP contribution < -0.4 is 10.6 Å². The largest absolute Gasteiger partial charge is 0.435 e. The van der Waals surface area contributed by atoms with Gasteiger partial charge in [0, 0.05) is 0 Å². The van der Waals surface area contributed by atoms with Gasteiger partial charge in [0.2, 0.25) is 0 Å².